The maximum Gasteiger partial charge on any atom is 0.316 e. The average Bonchev–Trinajstić information content (AvgIpc) is 2.27. The highest BCUT2D eigenvalue weighted by Crippen LogP contribution is 2.28. The van der Waals surface area contributed by atoms with Crippen LogP contribution in [0.25, 0.3) is 0 Å². The third-order valence-corrected chi connectivity index (χ3v) is 3.36. The Kier molecular flexibility index (Phi) is 3.43. The van der Waals surface area contributed by atoms with Crippen molar-refractivity contribution in [2.75, 3.05) is 20.6 Å². The van der Waals surface area contributed by atoms with Crippen molar-refractivity contribution in [1.82, 2.24) is 4.90 Å². The first-order valence-electron chi connectivity index (χ1n) is 5.99. The van der Waals surface area contributed by atoms with Gasteiger partial charge in [-0.25, -0.2) is 5.21 Å². The summed E-state index contributed by atoms with van der Waals surface area (Å²) in [6.45, 7) is 1.11. The summed E-state index contributed by atoms with van der Waals surface area (Å²) in [6, 6.07) is 5.45. The van der Waals surface area contributed by atoms with Gasteiger partial charge in [0.05, 0.1) is 4.91 Å². The number of hydrogen-bond acceptors (Lipinski definition) is 2. The number of rotatable bonds is 3. The van der Waals surface area contributed by atoms with E-state index < -0.39 is 0 Å². The third kappa shape index (κ3) is 2.82. The highest BCUT2D eigenvalue weighted by molar-refractivity contribution is 5.40. The fourth-order valence-corrected chi connectivity index (χ4v) is 2.61. The van der Waals surface area contributed by atoms with E-state index in [1.54, 1.807) is 12.1 Å². The Bertz CT molecular complexity index is 429. The molecule has 1 aliphatic rings. The van der Waals surface area contributed by atoms with Crippen molar-refractivity contribution in [3.05, 3.63) is 34.2 Å². The predicted molar refractivity (Wildman–Crippen MR) is 65.6 cm³/mol. The molecule has 1 aliphatic carbocycles. The van der Waals surface area contributed by atoms with E-state index in [1.165, 1.54) is 11.1 Å². The molecule has 0 bridgehead atoms. The van der Waals surface area contributed by atoms with E-state index in [0.29, 0.717) is 11.6 Å². The molecule has 17 heavy (non-hydrogen) atoms. The Balaban J connectivity index is 2.14. The Morgan fingerprint density at radius 3 is 2.82 bits per heavy atom. The van der Waals surface area contributed by atoms with E-state index in [0.717, 1.165) is 25.8 Å². The molecule has 4 heteroatoms. The molecule has 1 aromatic rings. The van der Waals surface area contributed by atoms with Gasteiger partial charge in [0.25, 0.3) is 4.92 Å². The summed E-state index contributed by atoms with van der Waals surface area (Å²) < 4.78 is 0. The Hall–Kier alpha value is -1.42. The van der Waals surface area contributed by atoms with Crippen LogP contribution in [0.1, 0.15) is 17.5 Å². The molecule has 0 aliphatic heterocycles. The zero-order valence-electron chi connectivity index (χ0n) is 10.4. The Morgan fingerprint density at radius 2 is 2.18 bits per heavy atom. The number of hydrogen-bond donors (Lipinski definition) is 1. The van der Waals surface area contributed by atoms with Crippen LogP contribution in [0.4, 0.5) is 5.69 Å². The zero-order valence-corrected chi connectivity index (χ0v) is 10.4. The topological polar surface area (TPSA) is 43.5 Å². The van der Waals surface area contributed by atoms with Crippen LogP contribution >= 0.6 is 0 Å². The van der Waals surface area contributed by atoms with E-state index in [4.69, 9.17) is 5.21 Å². The molecule has 1 aromatic carbocycles. The molecule has 1 unspecified atom stereocenters. The van der Waals surface area contributed by atoms with Gasteiger partial charge >= 0.3 is 5.69 Å². The van der Waals surface area contributed by atoms with Crippen molar-refractivity contribution in [2.45, 2.75) is 19.3 Å². The van der Waals surface area contributed by atoms with Crippen molar-refractivity contribution < 1.29 is 10.1 Å². The van der Waals surface area contributed by atoms with Crippen molar-refractivity contribution in [1.29, 1.82) is 0 Å². The molecule has 0 saturated heterocycles. The molecular weight excluding hydrogens is 216 g/mol. The van der Waals surface area contributed by atoms with Crippen LogP contribution < -0.4 is 0 Å². The van der Waals surface area contributed by atoms with Crippen molar-refractivity contribution in [2.24, 2.45) is 5.92 Å². The first-order chi connectivity index (χ1) is 8.06. The maximum atomic E-state index is 10.8. The fraction of sp³-hybridized carbons (Fsp3) is 0.538. The summed E-state index contributed by atoms with van der Waals surface area (Å²) in [5.74, 6) is 0.695. The Morgan fingerprint density at radius 1 is 1.41 bits per heavy atom. The molecule has 0 spiro atoms. The van der Waals surface area contributed by atoms with E-state index in [1.807, 2.05) is 6.07 Å². The third-order valence-electron chi connectivity index (χ3n) is 3.36. The predicted octanol–water partition coefficient (Wildman–Crippen LogP) is 2.15. The minimum absolute atomic E-state index is 0.0633. The van der Waals surface area contributed by atoms with Gasteiger partial charge < -0.3 is 4.90 Å². The lowest BCUT2D eigenvalue weighted by molar-refractivity contribution is -0.729. The summed E-state index contributed by atoms with van der Waals surface area (Å²) >= 11 is 0. The number of fused-ring (bicyclic) bond motifs is 1. The monoisotopic (exact) mass is 235 g/mol. The van der Waals surface area contributed by atoms with E-state index in [2.05, 4.69) is 19.0 Å². The molecule has 0 heterocycles. The molecule has 0 saturated carbocycles. The van der Waals surface area contributed by atoms with Crippen LogP contribution in [0.2, 0.25) is 0 Å². The van der Waals surface area contributed by atoms with Crippen LogP contribution in [0, 0.1) is 10.8 Å². The highest BCUT2D eigenvalue weighted by Gasteiger charge is 2.22. The molecule has 92 valence electrons. The summed E-state index contributed by atoms with van der Waals surface area (Å²) in [5.41, 5.74) is 2.84. The lowest BCUT2D eigenvalue weighted by Gasteiger charge is -2.26. The molecule has 0 amide bonds. The normalized spacial score (nSPS) is 19.1. The SMILES string of the molecule is CN(C)CC1CCc2cc([N+](=O)O)ccc2C1. The largest absolute Gasteiger partial charge is 0.316 e. The van der Waals surface area contributed by atoms with Crippen LogP contribution in [0.15, 0.2) is 18.2 Å². The Labute approximate surface area is 101 Å². The van der Waals surface area contributed by atoms with Gasteiger partial charge in [-0.1, -0.05) is 6.07 Å². The molecule has 1 atom stereocenters. The van der Waals surface area contributed by atoms with E-state index in [-0.39, 0.29) is 4.92 Å². The van der Waals surface area contributed by atoms with Crippen molar-refractivity contribution in [3.8, 4) is 0 Å². The smallest absolute Gasteiger partial charge is 0.309 e. The summed E-state index contributed by atoms with van der Waals surface area (Å²) in [6.07, 6.45) is 3.21. The van der Waals surface area contributed by atoms with E-state index in [9.17, 15) is 4.91 Å². The molecule has 0 radical (unpaired) electrons. The first kappa shape index (κ1) is 12.0. The molecule has 4 nitrogen and oxygen atoms in total. The average molecular weight is 235 g/mol. The number of benzene rings is 1. The van der Waals surface area contributed by atoms with Gasteiger partial charge in [-0.15, -0.1) is 0 Å². The first-order valence-corrected chi connectivity index (χ1v) is 5.99. The van der Waals surface area contributed by atoms with Crippen molar-refractivity contribution >= 4 is 5.69 Å². The quantitative estimate of drug-likeness (QED) is 0.816. The van der Waals surface area contributed by atoms with Crippen LogP contribution in [-0.4, -0.2) is 35.7 Å². The second-order valence-corrected chi connectivity index (χ2v) is 5.10. The minimum atomic E-state index is -0.0633. The molecule has 1 N–H and O–H groups in total. The van der Waals surface area contributed by atoms with Crippen LogP contribution in [0.5, 0.6) is 0 Å². The lowest BCUT2D eigenvalue weighted by Crippen LogP contribution is -2.26. The van der Waals surface area contributed by atoms with Crippen LogP contribution in [-0.2, 0) is 12.8 Å². The standard InChI is InChI=1S/C13H19N2O2/c1-14(2)9-10-3-4-12-8-13(15(16)17)6-5-11(12)7-10/h5-6,8,10H,3-4,7,9H2,1-2H3,(H,16,17)/q+1. The van der Waals surface area contributed by atoms with Crippen molar-refractivity contribution in [3.63, 3.8) is 0 Å². The molecule has 2 rings (SSSR count). The second kappa shape index (κ2) is 4.84. The number of aryl methyl sites for hydroxylation is 1. The summed E-state index contributed by atoms with van der Waals surface area (Å²) in [5, 5.41) is 8.87. The van der Waals surface area contributed by atoms with Gasteiger partial charge in [-0.05, 0) is 50.4 Å². The summed E-state index contributed by atoms with van der Waals surface area (Å²) in [7, 11) is 4.19. The van der Waals surface area contributed by atoms with E-state index >= 15 is 0 Å². The fourth-order valence-electron chi connectivity index (χ4n) is 2.61. The minimum Gasteiger partial charge on any atom is -0.309 e. The van der Waals surface area contributed by atoms with Gasteiger partial charge in [0.1, 0.15) is 0 Å². The summed E-state index contributed by atoms with van der Waals surface area (Å²) in [4.78, 5) is 13.0. The highest BCUT2D eigenvalue weighted by atomic mass is 16.6. The lowest BCUT2D eigenvalue weighted by atomic mass is 9.83. The zero-order chi connectivity index (χ0) is 12.4. The van der Waals surface area contributed by atoms with Gasteiger partial charge in [-0.3, -0.25) is 0 Å². The van der Waals surface area contributed by atoms with Gasteiger partial charge in [0.2, 0.25) is 0 Å². The molecular formula is C13H19N2O2+. The van der Waals surface area contributed by atoms with Gasteiger partial charge in [0, 0.05) is 18.7 Å². The second-order valence-electron chi connectivity index (χ2n) is 5.10. The molecule has 0 aromatic heterocycles. The van der Waals surface area contributed by atoms with Gasteiger partial charge in [0.15, 0.2) is 0 Å². The maximum absolute atomic E-state index is 10.8. The van der Waals surface area contributed by atoms with Crippen LogP contribution in [0.3, 0.4) is 0 Å². The van der Waals surface area contributed by atoms with Gasteiger partial charge in [-0.2, -0.15) is 0 Å². The number of nitrogens with zero attached hydrogens (tertiary/aromatic N) is 2. The molecule has 0 fully saturated rings.